The first kappa shape index (κ1) is 15.2. The molecule has 4 rings (SSSR count). The smallest absolute Gasteiger partial charge is 0.276 e. The predicted octanol–water partition coefficient (Wildman–Crippen LogP) is 3.29. The lowest BCUT2D eigenvalue weighted by molar-refractivity contribution is 0.0730. The maximum atomic E-state index is 12.8. The van der Waals surface area contributed by atoms with Crippen LogP contribution in [0.4, 0.5) is 5.69 Å². The molecule has 0 spiro atoms. The Hall–Kier alpha value is -2.30. The number of anilines is 1. The highest BCUT2D eigenvalue weighted by Gasteiger charge is 2.34. The van der Waals surface area contributed by atoms with Gasteiger partial charge in [0.1, 0.15) is 5.76 Å². The van der Waals surface area contributed by atoms with Crippen molar-refractivity contribution in [1.29, 1.82) is 0 Å². The molecule has 5 heteroatoms. The molecule has 24 heavy (non-hydrogen) atoms. The number of hydrogen-bond acceptors (Lipinski definition) is 4. The fraction of sp³-hybridized carbons (Fsp3) is 0.474. The summed E-state index contributed by atoms with van der Waals surface area (Å²) in [6, 6.07) is 12.4. The van der Waals surface area contributed by atoms with Gasteiger partial charge in [0, 0.05) is 43.9 Å². The van der Waals surface area contributed by atoms with Crippen LogP contribution in [0.5, 0.6) is 0 Å². The molecule has 1 aromatic carbocycles. The molecule has 0 bridgehead atoms. The number of nitrogens with zero attached hydrogens (tertiary/aromatic N) is 3. The number of carbonyl (C=O) groups is 1. The van der Waals surface area contributed by atoms with E-state index in [2.05, 4.69) is 29.2 Å². The van der Waals surface area contributed by atoms with E-state index in [0.717, 1.165) is 44.5 Å². The summed E-state index contributed by atoms with van der Waals surface area (Å²) in [5, 5.41) is 4.01. The number of likely N-dealkylation sites (tertiary alicyclic amines) is 1. The minimum atomic E-state index is 0.00890. The third-order valence-corrected chi connectivity index (χ3v) is 5.05. The van der Waals surface area contributed by atoms with Crippen LogP contribution in [0.25, 0.3) is 0 Å². The van der Waals surface area contributed by atoms with Crippen LogP contribution < -0.4 is 4.90 Å². The van der Waals surface area contributed by atoms with Crippen LogP contribution in [0.2, 0.25) is 0 Å². The molecule has 1 unspecified atom stereocenters. The Morgan fingerprint density at radius 3 is 2.83 bits per heavy atom. The third-order valence-electron chi connectivity index (χ3n) is 5.05. The highest BCUT2D eigenvalue weighted by atomic mass is 16.5. The molecular formula is C19H23N3O2. The van der Waals surface area contributed by atoms with E-state index in [0.29, 0.717) is 11.6 Å². The van der Waals surface area contributed by atoms with E-state index in [1.165, 1.54) is 5.69 Å². The number of para-hydroxylation sites is 1. The number of carbonyl (C=O) groups excluding carboxylic acids is 1. The summed E-state index contributed by atoms with van der Waals surface area (Å²) < 4.78 is 5.35. The van der Waals surface area contributed by atoms with E-state index >= 15 is 0 Å². The molecule has 1 amide bonds. The Morgan fingerprint density at radius 1 is 1.29 bits per heavy atom. The van der Waals surface area contributed by atoms with Gasteiger partial charge >= 0.3 is 0 Å². The molecule has 1 saturated carbocycles. The van der Waals surface area contributed by atoms with Gasteiger partial charge in [0.15, 0.2) is 5.69 Å². The zero-order chi connectivity index (χ0) is 16.5. The van der Waals surface area contributed by atoms with Crippen LogP contribution in [0.15, 0.2) is 40.9 Å². The molecule has 1 aromatic heterocycles. The van der Waals surface area contributed by atoms with E-state index in [9.17, 15) is 4.79 Å². The quantitative estimate of drug-likeness (QED) is 0.846. The molecule has 2 fully saturated rings. The van der Waals surface area contributed by atoms with E-state index in [1.54, 1.807) is 0 Å². The van der Waals surface area contributed by atoms with Crippen molar-refractivity contribution in [3.05, 3.63) is 47.9 Å². The van der Waals surface area contributed by atoms with Gasteiger partial charge in [-0.05, 0) is 37.8 Å². The maximum absolute atomic E-state index is 12.8. The number of likely N-dealkylation sites (N-methyl/N-ethyl adjacent to an activating group) is 1. The van der Waals surface area contributed by atoms with Crippen molar-refractivity contribution in [3.63, 3.8) is 0 Å². The van der Waals surface area contributed by atoms with Gasteiger partial charge in [-0.15, -0.1) is 0 Å². The topological polar surface area (TPSA) is 49.6 Å². The van der Waals surface area contributed by atoms with Crippen LogP contribution >= 0.6 is 0 Å². The molecule has 2 aliphatic rings. The predicted molar refractivity (Wildman–Crippen MR) is 92.2 cm³/mol. The minimum Gasteiger partial charge on any atom is -0.373 e. The summed E-state index contributed by atoms with van der Waals surface area (Å²) in [6.07, 6.45) is 4.39. The zero-order valence-electron chi connectivity index (χ0n) is 14.0. The molecule has 2 heterocycles. The lowest BCUT2D eigenvalue weighted by Crippen LogP contribution is -2.42. The summed E-state index contributed by atoms with van der Waals surface area (Å²) in [5.41, 5.74) is 1.64. The Morgan fingerprint density at radius 2 is 2.08 bits per heavy atom. The summed E-state index contributed by atoms with van der Waals surface area (Å²) in [7, 11) is 2.08. The molecule has 0 N–H and O–H groups in total. The second kappa shape index (κ2) is 6.30. The standard InChI is InChI=1S/C19H23N3O2/c1-21(15-6-3-2-4-7-15)13-16-8-5-11-22(16)19(23)17-12-18(24-20-17)14-9-10-14/h2-4,6-7,12,14,16H,5,8-11,13H2,1H3. The van der Waals surface area contributed by atoms with Crippen LogP contribution in [0.3, 0.4) is 0 Å². The van der Waals surface area contributed by atoms with Crippen LogP contribution in [-0.2, 0) is 0 Å². The van der Waals surface area contributed by atoms with Crippen LogP contribution in [-0.4, -0.2) is 42.1 Å². The highest BCUT2D eigenvalue weighted by molar-refractivity contribution is 5.92. The first-order valence-corrected chi connectivity index (χ1v) is 8.76. The maximum Gasteiger partial charge on any atom is 0.276 e. The van der Waals surface area contributed by atoms with Crippen molar-refractivity contribution in [2.45, 2.75) is 37.6 Å². The van der Waals surface area contributed by atoms with Crippen molar-refractivity contribution in [3.8, 4) is 0 Å². The molecular weight excluding hydrogens is 302 g/mol. The molecule has 1 aliphatic carbocycles. The zero-order valence-corrected chi connectivity index (χ0v) is 14.0. The molecule has 1 atom stereocenters. The first-order valence-electron chi connectivity index (χ1n) is 8.76. The molecule has 2 aromatic rings. The van der Waals surface area contributed by atoms with Crippen molar-refractivity contribution in [2.75, 3.05) is 25.0 Å². The van der Waals surface area contributed by atoms with Crippen LogP contribution in [0, 0.1) is 0 Å². The molecule has 0 radical (unpaired) electrons. The molecule has 126 valence electrons. The van der Waals surface area contributed by atoms with E-state index in [-0.39, 0.29) is 11.9 Å². The average Bonchev–Trinajstić information content (AvgIpc) is 3.17. The normalized spacial score (nSPS) is 20.4. The summed E-state index contributed by atoms with van der Waals surface area (Å²) in [5.74, 6) is 1.36. The van der Waals surface area contributed by atoms with Crippen LogP contribution in [0.1, 0.15) is 47.8 Å². The van der Waals surface area contributed by atoms with Gasteiger partial charge in [0.2, 0.25) is 0 Å². The van der Waals surface area contributed by atoms with Gasteiger partial charge in [-0.1, -0.05) is 23.4 Å². The number of amides is 1. The summed E-state index contributed by atoms with van der Waals surface area (Å²) in [4.78, 5) is 17.0. The van der Waals surface area contributed by atoms with Crippen molar-refractivity contribution >= 4 is 11.6 Å². The second-order valence-corrected chi connectivity index (χ2v) is 6.90. The Kier molecular flexibility index (Phi) is 4.00. The largest absolute Gasteiger partial charge is 0.373 e. The van der Waals surface area contributed by atoms with Crippen molar-refractivity contribution in [2.24, 2.45) is 0 Å². The summed E-state index contributed by atoms with van der Waals surface area (Å²) >= 11 is 0. The van der Waals surface area contributed by atoms with Gasteiger partial charge in [-0.2, -0.15) is 0 Å². The summed E-state index contributed by atoms with van der Waals surface area (Å²) in [6.45, 7) is 1.64. The Balaban J connectivity index is 1.44. The second-order valence-electron chi connectivity index (χ2n) is 6.90. The van der Waals surface area contributed by atoms with E-state index in [4.69, 9.17) is 4.52 Å². The van der Waals surface area contributed by atoms with E-state index < -0.39 is 0 Å². The SMILES string of the molecule is CN(CC1CCCN1C(=O)c1cc(C2CC2)on1)c1ccccc1. The van der Waals surface area contributed by atoms with Gasteiger partial charge < -0.3 is 14.3 Å². The molecule has 1 saturated heterocycles. The van der Waals surface area contributed by atoms with Gasteiger partial charge in [-0.25, -0.2) is 0 Å². The van der Waals surface area contributed by atoms with E-state index in [1.807, 2.05) is 29.2 Å². The van der Waals surface area contributed by atoms with Gasteiger partial charge in [0.05, 0.1) is 0 Å². The average molecular weight is 325 g/mol. The van der Waals surface area contributed by atoms with Crippen molar-refractivity contribution < 1.29 is 9.32 Å². The fourth-order valence-corrected chi connectivity index (χ4v) is 3.49. The lowest BCUT2D eigenvalue weighted by Gasteiger charge is -2.29. The fourth-order valence-electron chi connectivity index (χ4n) is 3.49. The van der Waals surface area contributed by atoms with Crippen molar-refractivity contribution in [1.82, 2.24) is 10.1 Å². The highest BCUT2D eigenvalue weighted by Crippen LogP contribution is 2.40. The minimum absolute atomic E-state index is 0.00890. The molecule has 1 aliphatic heterocycles. The Labute approximate surface area is 142 Å². The monoisotopic (exact) mass is 325 g/mol. The third kappa shape index (κ3) is 3.03. The van der Waals surface area contributed by atoms with Gasteiger partial charge in [-0.3, -0.25) is 4.79 Å². The number of rotatable bonds is 5. The number of benzene rings is 1. The first-order chi connectivity index (χ1) is 11.7. The van der Waals surface area contributed by atoms with Gasteiger partial charge in [0.25, 0.3) is 5.91 Å². The Bertz CT molecular complexity index is 708. The lowest BCUT2D eigenvalue weighted by atomic mass is 10.2. The number of hydrogen-bond donors (Lipinski definition) is 0. The number of aromatic nitrogens is 1. The molecule has 5 nitrogen and oxygen atoms in total.